The van der Waals surface area contributed by atoms with Gasteiger partial charge < -0.3 is 10.2 Å². The smallest absolute Gasteiger partial charge is 0.409 e. The fourth-order valence-electron chi connectivity index (χ4n) is 0.596. The van der Waals surface area contributed by atoms with Gasteiger partial charge in [0.25, 0.3) is 0 Å². The number of hydrogen-bond acceptors (Lipinski definition) is 2. The predicted molar refractivity (Wildman–Crippen MR) is 41.8 cm³/mol. The van der Waals surface area contributed by atoms with Crippen molar-refractivity contribution >= 4 is 12.1 Å². The van der Waals surface area contributed by atoms with E-state index in [-0.39, 0.29) is 5.70 Å². The molecule has 0 aliphatic carbocycles. The van der Waals surface area contributed by atoms with Crippen molar-refractivity contribution in [1.29, 1.82) is 0 Å². The third-order valence-electron chi connectivity index (χ3n) is 1.11. The van der Waals surface area contributed by atoms with E-state index < -0.39 is 12.1 Å². The molecule has 0 fully saturated rings. The van der Waals surface area contributed by atoms with Crippen LogP contribution in [0.5, 0.6) is 0 Å². The molecule has 1 amide bonds. The number of unbranched alkanes of at least 4 members (excludes halogenated alkanes) is 1. The maximum Gasteiger partial charge on any atom is 0.409 e. The van der Waals surface area contributed by atoms with Gasteiger partial charge in [0, 0.05) is 0 Å². The van der Waals surface area contributed by atoms with Crippen LogP contribution in [0.25, 0.3) is 0 Å². The number of hydrogen-bond donors (Lipinski definition) is 3. The molecule has 5 nitrogen and oxygen atoms in total. The molecule has 3 N–H and O–H groups in total. The van der Waals surface area contributed by atoms with Crippen LogP contribution < -0.4 is 5.32 Å². The summed E-state index contributed by atoms with van der Waals surface area (Å²) in [7, 11) is 0. The molecule has 0 saturated heterocycles. The van der Waals surface area contributed by atoms with Gasteiger partial charge in [-0.15, -0.1) is 0 Å². The predicted octanol–water partition coefficient (Wildman–Crippen LogP) is 1.02. The Bertz CT molecular complexity index is 209. The van der Waals surface area contributed by atoms with Gasteiger partial charge in [-0.1, -0.05) is 19.4 Å². The number of rotatable bonds is 4. The molecule has 0 aromatic rings. The number of carboxylic acids is 1. The summed E-state index contributed by atoms with van der Waals surface area (Å²) in [5.41, 5.74) is -0.288. The Labute approximate surface area is 69.7 Å². The number of carbonyl (C=O) groups is 2. The Kier molecular flexibility index (Phi) is 4.52. The lowest BCUT2D eigenvalue weighted by Crippen LogP contribution is -2.25. The third-order valence-corrected chi connectivity index (χ3v) is 1.11. The molecule has 0 saturated carbocycles. The van der Waals surface area contributed by atoms with E-state index in [9.17, 15) is 9.59 Å². The van der Waals surface area contributed by atoms with Crippen LogP contribution in [-0.2, 0) is 4.79 Å². The minimum absolute atomic E-state index is 0.288. The number of carboxylic acid groups (broad SMARTS) is 2. The molecule has 0 rings (SSSR count). The second-order valence-corrected chi connectivity index (χ2v) is 2.14. The molecule has 0 aromatic carbocycles. The lowest BCUT2D eigenvalue weighted by atomic mass is 10.3. The summed E-state index contributed by atoms with van der Waals surface area (Å²) in [6.07, 6.45) is 1.30. The maximum atomic E-state index is 10.3. The van der Waals surface area contributed by atoms with E-state index >= 15 is 0 Å². The van der Waals surface area contributed by atoms with Gasteiger partial charge in [0.1, 0.15) is 5.70 Å². The van der Waals surface area contributed by atoms with Crippen LogP contribution in [0.15, 0.2) is 11.8 Å². The molecule has 68 valence electrons. The summed E-state index contributed by atoms with van der Waals surface area (Å²) >= 11 is 0. The molecule has 0 heterocycles. The van der Waals surface area contributed by atoms with Crippen LogP contribution >= 0.6 is 0 Å². The molecule has 0 aliphatic heterocycles. The largest absolute Gasteiger partial charge is 0.477 e. The van der Waals surface area contributed by atoms with Crippen LogP contribution in [0, 0.1) is 0 Å². The number of aliphatic carboxylic acids is 1. The molecular weight excluding hydrogens is 162 g/mol. The Morgan fingerprint density at radius 2 is 2.00 bits per heavy atom. The zero-order valence-corrected chi connectivity index (χ0v) is 6.70. The molecule has 0 bridgehead atoms. The van der Waals surface area contributed by atoms with E-state index in [4.69, 9.17) is 10.2 Å². The highest BCUT2D eigenvalue weighted by molar-refractivity contribution is 5.90. The first-order valence-electron chi connectivity index (χ1n) is 3.51. The van der Waals surface area contributed by atoms with E-state index in [1.807, 2.05) is 6.92 Å². The first kappa shape index (κ1) is 10.5. The van der Waals surface area contributed by atoms with Crippen molar-refractivity contribution < 1.29 is 19.8 Å². The monoisotopic (exact) mass is 173 g/mol. The first-order chi connectivity index (χ1) is 5.57. The van der Waals surface area contributed by atoms with Gasteiger partial charge >= 0.3 is 12.1 Å². The maximum absolute atomic E-state index is 10.3. The van der Waals surface area contributed by atoms with E-state index in [0.29, 0.717) is 6.42 Å². The molecule has 0 aliphatic rings. The lowest BCUT2D eigenvalue weighted by molar-refractivity contribution is -0.133. The fourth-order valence-corrected chi connectivity index (χ4v) is 0.596. The van der Waals surface area contributed by atoms with Crippen LogP contribution in [0.4, 0.5) is 4.79 Å². The number of nitrogens with one attached hydrogen (secondary N) is 1. The molecule has 0 unspecified atom stereocenters. The minimum Gasteiger partial charge on any atom is -0.477 e. The van der Waals surface area contributed by atoms with Crippen molar-refractivity contribution in [2.24, 2.45) is 0 Å². The third kappa shape index (κ3) is 4.32. The van der Waals surface area contributed by atoms with Crippen LogP contribution in [0.2, 0.25) is 0 Å². The van der Waals surface area contributed by atoms with Gasteiger partial charge in [-0.3, -0.25) is 5.32 Å². The summed E-state index contributed by atoms with van der Waals surface area (Å²) in [6.45, 7) is 1.87. The van der Waals surface area contributed by atoms with Gasteiger partial charge in [-0.05, 0) is 6.42 Å². The van der Waals surface area contributed by atoms with Crippen molar-refractivity contribution in [2.45, 2.75) is 19.8 Å². The average molecular weight is 173 g/mol. The van der Waals surface area contributed by atoms with Gasteiger partial charge in [-0.2, -0.15) is 0 Å². The van der Waals surface area contributed by atoms with Crippen LogP contribution in [-0.4, -0.2) is 22.3 Å². The number of amides is 1. The highest BCUT2D eigenvalue weighted by Gasteiger charge is 2.08. The van der Waals surface area contributed by atoms with Crippen molar-refractivity contribution in [2.75, 3.05) is 0 Å². The van der Waals surface area contributed by atoms with E-state index in [0.717, 1.165) is 6.42 Å². The second kappa shape index (κ2) is 5.17. The first-order valence-corrected chi connectivity index (χ1v) is 3.51. The normalized spacial score (nSPS) is 10.9. The van der Waals surface area contributed by atoms with Gasteiger partial charge in [0.2, 0.25) is 0 Å². The van der Waals surface area contributed by atoms with Crippen molar-refractivity contribution in [3.63, 3.8) is 0 Å². The molecule has 0 atom stereocenters. The Balaban J connectivity index is 4.22. The molecule has 0 spiro atoms. The van der Waals surface area contributed by atoms with Crippen molar-refractivity contribution in [1.82, 2.24) is 5.32 Å². The minimum atomic E-state index is -1.36. The summed E-state index contributed by atoms with van der Waals surface area (Å²) in [4.78, 5) is 20.4. The highest BCUT2D eigenvalue weighted by Crippen LogP contribution is 1.95. The summed E-state index contributed by atoms with van der Waals surface area (Å²) in [6, 6.07) is 0. The fraction of sp³-hybridized carbons (Fsp3) is 0.429. The molecule has 0 aromatic heterocycles. The van der Waals surface area contributed by atoms with Crippen molar-refractivity contribution in [3.05, 3.63) is 11.8 Å². The SMILES string of the molecule is CCCC=C(NC(=O)O)C(=O)O. The van der Waals surface area contributed by atoms with Crippen LogP contribution in [0.1, 0.15) is 19.8 Å². The molecule has 0 radical (unpaired) electrons. The summed E-state index contributed by atoms with van der Waals surface area (Å²) < 4.78 is 0. The van der Waals surface area contributed by atoms with Crippen molar-refractivity contribution in [3.8, 4) is 0 Å². The Hall–Kier alpha value is -1.52. The molecule has 12 heavy (non-hydrogen) atoms. The van der Waals surface area contributed by atoms with Gasteiger partial charge in [0.15, 0.2) is 0 Å². The average Bonchev–Trinajstić information content (AvgIpc) is 1.96. The van der Waals surface area contributed by atoms with E-state index in [1.165, 1.54) is 6.08 Å². The zero-order chi connectivity index (χ0) is 9.56. The Morgan fingerprint density at radius 3 is 2.33 bits per heavy atom. The van der Waals surface area contributed by atoms with E-state index in [1.54, 1.807) is 5.32 Å². The zero-order valence-electron chi connectivity index (χ0n) is 6.70. The lowest BCUT2D eigenvalue weighted by Gasteiger charge is -1.99. The molecular formula is C7H11NO4. The topological polar surface area (TPSA) is 86.6 Å². The number of allylic oxidation sites excluding steroid dienone is 1. The van der Waals surface area contributed by atoms with Gasteiger partial charge in [-0.25, -0.2) is 9.59 Å². The summed E-state index contributed by atoms with van der Waals surface area (Å²) in [5.74, 6) is -1.26. The standard InChI is InChI=1S/C7H11NO4/c1-2-3-4-5(6(9)10)8-7(11)12/h4,8H,2-3H2,1H3,(H,9,10)(H,11,12). The quantitative estimate of drug-likeness (QED) is 0.554. The highest BCUT2D eigenvalue weighted by atomic mass is 16.4. The van der Waals surface area contributed by atoms with Gasteiger partial charge in [0.05, 0.1) is 0 Å². The second-order valence-electron chi connectivity index (χ2n) is 2.14. The van der Waals surface area contributed by atoms with Crippen LogP contribution in [0.3, 0.4) is 0 Å². The molecule has 5 heteroatoms. The summed E-state index contributed by atoms with van der Waals surface area (Å²) in [5, 5.41) is 18.5. The van der Waals surface area contributed by atoms with E-state index in [2.05, 4.69) is 0 Å². The Morgan fingerprint density at radius 1 is 1.42 bits per heavy atom.